The summed E-state index contributed by atoms with van der Waals surface area (Å²) in [5.41, 5.74) is 6.51. The van der Waals surface area contributed by atoms with Crippen LogP contribution in [0.4, 0.5) is 0 Å². The highest BCUT2D eigenvalue weighted by Gasteiger charge is 2.16. The molecule has 0 spiro atoms. The van der Waals surface area contributed by atoms with Crippen molar-refractivity contribution in [2.24, 2.45) is 0 Å². The first-order valence-electron chi connectivity index (χ1n) is 7.60. The average Bonchev–Trinajstić information content (AvgIpc) is 2.42. The second kappa shape index (κ2) is 6.81. The van der Waals surface area contributed by atoms with Crippen LogP contribution in [0.5, 0.6) is 0 Å². The van der Waals surface area contributed by atoms with Crippen molar-refractivity contribution in [2.75, 3.05) is 6.54 Å². The van der Waals surface area contributed by atoms with E-state index in [0.717, 1.165) is 24.4 Å². The van der Waals surface area contributed by atoms with E-state index in [0.29, 0.717) is 0 Å². The van der Waals surface area contributed by atoms with Gasteiger partial charge in [-0.25, -0.2) is 9.97 Å². The van der Waals surface area contributed by atoms with Gasteiger partial charge in [-0.05, 0) is 62.9 Å². The molecule has 21 heavy (non-hydrogen) atoms. The molecule has 0 aliphatic heterocycles. The fourth-order valence-electron chi connectivity index (χ4n) is 2.82. The Morgan fingerprint density at radius 2 is 1.52 bits per heavy atom. The summed E-state index contributed by atoms with van der Waals surface area (Å²) in [6.45, 7) is 11.6. The standard InChI is InChI=1S/C18H25N3/c1-6-19-17(18-20-10-13(3)11-21-18)9-16-14(4)7-12(2)8-15(16)5/h7-8,10-11,17,19H,6,9H2,1-5H3. The van der Waals surface area contributed by atoms with Gasteiger partial charge >= 0.3 is 0 Å². The average molecular weight is 283 g/mol. The number of nitrogens with zero attached hydrogens (tertiary/aromatic N) is 2. The van der Waals surface area contributed by atoms with E-state index < -0.39 is 0 Å². The van der Waals surface area contributed by atoms with Gasteiger partial charge in [0.1, 0.15) is 5.82 Å². The SMILES string of the molecule is CCNC(Cc1c(C)cc(C)cc1C)c1ncc(C)cn1. The Bertz CT molecular complexity index is 579. The first-order chi connectivity index (χ1) is 10.0. The molecule has 3 nitrogen and oxygen atoms in total. The van der Waals surface area contributed by atoms with E-state index in [1.165, 1.54) is 22.3 Å². The Kier molecular flexibility index (Phi) is 5.07. The number of hydrogen-bond acceptors (Lipinski definition) is 3. The molecule has 0 radical (unpaired) electrons. The first kappa shape index (κ1) is 15.6. The minimum absolute atomic E-state index is 0.163. The lowest BCUT2D eigenvalue weighted by atomic mass is 9.94. The number of nitrogens with one attached hydrogen (secondary N) is 1. The smallest absolute Gasteiger partial charge is 0.145 e. The third-order valence-corrected chi connectivity index (χ3v) is 3.81. The molecule has 0 saturated carbocycles. The van der Waals surface area contributed by atoms with Gasteiger partial charge in [-0.3, -0.25) is 0 Å². The maximum Gasteiger partial charge on any atom is 0.145 e. The van der Waals surface area contributed by atoms with Crippen LogP contribution in [-0.2, 0) is 6.42 Å². The van der Waals surface area contributed by atoms with Crippen molar-refractivity contribution >= 4 is 0 Å². The molecule has 0 aliphatic rings. The lowest BCUT2D eigenvalue weighted by Gasteiger charge is -2.20. The molecule has 3 heteroatoms. The van der Waals surface area contributed by atoms with Crippen molar-refractivity contribution in [3.8, 4) is 0 Å². The normalized spacial score (nSPS) is 12.4. The second-order valence-corrected chi connectivity index (χ2v) is 5.81. The van der Waals surface area contributed by atoms with E-state index in [4.69, 9.17) is 0 Å². The summed E-state index contributed by atoms with van der Waals surface area (Å²) in [7, 11) is 0. The first-order valence-corrected chi connectivity index (χ1v) is 7.60. The van der Waals surface area contributed by atoms with Gasteiger partial charge in [0.15, 0.2) is 0 Å². The van der Waals surface area contributed by atoms with Crippen LogP contribution in [0, 0.1) is 27.7 Å². The van der Waals surface area contributed by atoms with Crippen LogP contribution in [-0.4, -0.2) is 16.5 Å². The van der Waals surface area contributed by atoms with E-state index in [1.54, 1.807) is 0 Å². The number of rotatable bonds is 5. The second-order valence-electron chi connectivity index (χ2n) is 5.81. The molecule has 0 amide bonds. The van der Waals surface area contributed by atoms with E-state index >= 15 is 0 Å². The molecule has 0 bridgehead atoms. The predicted molar refractivity (Wildman–Crippen MR) is 87.5 cm³/mol. The van der Waals surface area contributed by atoms with Crippen LogP contribution in [0.2, 0.25) is 0 Å². The highest BCUT2D eigenvalue weighted by atomic mass is 15.0. The van der Waals surface area contributed by atoms with Gasteiger partial charge < -0.3 is 5.32 Å². The molecule has 2 aromatic rings. The number of hydrogen-bond donors (Lipinski definition) is 1. The van der Waals surface area contributed by atoms with Crippen LogP contribution in [0.15, 0.2) is 24.5 Å². The maximum absolute atomic E-state index is 4.50. The fraction of sp³-hybridized carbons (Fsp3) is 0.444. The Labute approximate surface area is 127 Å². The topological polar surface area (TPSA) is 37.8 Å². The van der Waals surface area contributed by atoms with Gasteiger partial charge in [0.2, 0.25) is 0 Å². The fourth-order valence-corrected chi connectivity index (χ4v) is 2.82. The zero-order valence-corrected chi connectivity index (χ0v) is 13.7. The lowest BCUT2D eigenvalue weighted by Crippen LogP contribution is -2.25. The van der Waals surface area contributed by atoms with E-state index in [-0.39, 0.29) is 6.04 Å². The van der Waals surface area contributed by atoms with Crippen LogP contribution in [0.25, 0.3) is 0 Å². The van der Waals surface area contributed by atoms with Crippen LogP contribution in [0.3, 0.4) is 0 Å². The third-order valence-electron chi connectivity index (χ3n) is 3.81. The Morgan fingerprint density at radius 3 is 2.05 bits per heavy atom. The van der Waals surface area contributed by atoms with E-state index in [2.05, 4.69) is 55.1 Å². The summed E-state index contributed by atoms with van der Waals surface area (Å²) in [6.07, 6.45) is 4.71. The molecule has 2 rings (SSSR count). The van der Waals surface area contributed by atoms with Crippen molar-refractivity contribution in [2.45, 2.75) is 47.1 Å². The molecule has 1 heterocycles. The summed E-state index contributed by atoms with van der Waals surface area (Å²) in [6, 6.07) is 4.67. The molecule has 1 N–H and O–H groups in total. The van der Waals surface area contributed by atoms with Gasteiger partial charge in [-0.15, -0.1) is 0 Å². The van der Waals surface area contributed by atoms with Crippen molar-refractivity contribution in [3.63, 3.8) is 0 Å². The molecule has 1 unspecified atom stereocenters. The third kappa shape index (κ3) is 3.88. The van der Waals surface area contributed by atoms with Gasteiger partial charge in [0.05, 0.1) is 6.04 Å². The molecule has 0 aliphatic carbocycles. The van der Waals surface area contributed by atoms with Gasteiger partial charge in [-0.2, -0.15) is 0 Å². The van der Waals surface area contributed by atoms with E-state index in [9.17, 15) is 0 Å². The summed E-state index contributed by atoms with van der Waals surface area (Å²) in [4.78, 5) is 8.99. The summed E-state index contributed by atoms with van der Waals surface area (Å²) in [5, 5.41) is 3.51. The van der Waals surface area contributed by atoms with Crippen LogP contribution in [0.1, 0.15) is 46.6 Å². The van der Waals surface area contributed by atoms with Gasteiger partial charge in [-0.1, -0.05) is 24.6 Å². The highest BCUT2D eigenvalue weighted by molar-refractivity contribution is 5.38. The summed E-state index contributed by atoms with van der Waals surface area (Å²) < 4.78 is 0. The quantitative estimate of drug-likeness (QED) is 0.911. The lowest BCUT2D eigenvalue weighted by molar-refractivity contribution is 0.519. The van der Waals surface area contributed by atoms with Gasteiger partial charge in [0, 0.05) is 12.4 Å². The van der Waals surface area contributed by atoms with Crippen LogP contribution >= 0.6 is 0 Å². The minimum atomic E-state index is 0.163. The number of aryl methyl sites for hydroxylation is 4. The van der Waals surface area contributed by atoms with E-state index in [1.807, 2.05) is 19.3 Å². The number of aromatic nitrogens is 2. The van der Waals surface area contributed by atoms with Crippen molar-refractivity contribution in [1.82, 2.24) is 15.3 Å². The van der Waals surface area contributed by atoms with Crippen molar-refractivity contribution in [1.29, 1.82) is 0 Å². The number of likely N-dealkylation sites (N-methyl/N-ethyl adjacent to an activating group) is 1. The van der Waals surface area contributed by atoms with Crippen molar-refractivity contribution in [3.05, 3.63) is 58.2 Å². The monoisotopic (exact) mass is 283 g/mol. The Morgan fingerprint density at radius 1 is 0.952 bits per heavy atom. The minimum Gasteiger partial charge on any atom is -0.307 e. The zero-order valence-electron chi connectivity index (χ0n) is 13.7. The summed E-state index contributed by atoms with van der Waals surface area (Å²) >= 11 is 0. The highest BCUT2D eigenvalue weighted by Crippen LogP contribution is 2.22. The zero-order chi connectivity index (χ0) is 15.4. The Balaban J connectivity index is 2.30. The van der Waals surface area contributed by atoms with Crippen LogP contribution < -0.4 is 5.32 Å². The molecular weight excluding hydrogens is 258 g/mol. The molecule has 1 atom stereocenters. The Hall–Kier alpha value is -1.74. The van der Waals surface area contributed by atoms with Crippen molar-refractivity contribution < 1.29 is 0 Å². The maximum atomic E-state index is 4.50. The number of benzene rings is 1. The molecule has 112 valence electrons. The molecule has 1 aromatic carbocycles. The predicted octanol–water partition coefficient (Wildman–Crippen LogP) is 3.60. The molecule has 0 fully saturated rings. The van der Waals surface area contributed by atoms with Gasteiger partial charge in [0.25, 0.3) is 0 Å². The summed E-state index contributed by atoms with van der Waals surface area (Å²) in [5.74, 6) is 0.877. The largest absolute Gasteiger partial charge is 0.307 e. The molecule has 1 aromatic heterocycles. The molecular formula is C18H25N3. The molecule has 0 saturated heterocycles.